The molecule has 0 radical (unpaired) electrons. The van der Waals surface area contributed by atoms with Crippen molar-refractivity contribution >= 4 is 14.3 Å². The molecule has 190 valence electrons. The summed E-state index contributed by atoms with van der Waals surface area (Å²) in [6.07, 6.45) is 9.07. The molecule has 2 fully saturated rings. The van der Waals surface area contributed by atoms with Gasteiger partial charge in [-0.2, -0.15) is 0 Å². The van der Waals surface area contributed by atoms with Crippen LogP contribution in [0.25, 0.3) is 0 Å². The van der Waals surface area contributed by atoms with Gasteiger partial charge in [-0.25, -0.2) is 0 Å². The highest BCUT2D eigenvalue weighted by molar-refractivity contribution is 6.74. The van der Waals surface area contributed by atoms with Gasteiger partial charge >= 0.3 is 5.97 Å². The van der Waals surface area contributed by atoms with Crippen LogP contribution in [0.4, 0.5) is 0 Å². The fraction of sp³-hybridized carbons (Fsp3) is 0.767. The zero-order valence-corrected chi connectivity index (χ0v) is 24.1. The molecule has 34 heavy (non-hydrogen) atoms. The molecular weight excluding hydrogens is 436 g/mol. The van der Waals surface area contributed by atoms with E-state index in [1.165, 1.54) is 49.7 Å². The summed E-state index contributed by atoms with van der Waals surface area (Å²) in [4.78, 5) is 12.3. The molecule has 4 rings (SSSR count). The van der Waals surface area contributed by atoms with Gasteiger partial charge in [-0.1, -0.05) is 40.7 Å². The van der Waals surface area contributed by atoms with Crippen LogP contribution >= 0.6 is 0 Å². The van der Waals surface area contributed by atoms with E-state index in [9.17, 15) is 4.79 Å². The number of rotatable bonds is 6. The van der Waals surface area contributed by atoms with Gasteiger partial charge in [0.05, 0.1) is 6.61 Å². The number of ether oxygens (including phenoxy) is 1. The number of esters is 1. The van der Waals surface area contributed by atoms with Gasteiger partial charge in [-0.05, 0) is 122 Å². The van der Waals surface area contributed by atoms with Crippen LogP contribution in [0, 0.1) is 23.2 Å². The first kappa shape index (κ1) is 25.8. The van der Waals surface area contributed by atoms with Crippen LogP contribution in [0.2, 0.25) is 18.1 Å². The van der Waals surface area contributed by atoms with Crippen molar-refractivity contribution in [2.75, 3.05) is 6.61 Å². The molecule has 0 N–H and O–H groups in total. The summed E-state index contributed by atoms with van der Waals surface area (Å²) in [6, 6.07) is 4.96. The Morgan fingerprint density at radius 3 is 2.50 bits per heavy atom. The van der Waals surface area contributed by atoms with Gasteiger partial charge in [0, 0.05) is 6.42 Å². The first-order chi connectivity index (χ1) is 15.9. The van der Waals surface area contributed by atoms with Crippen molar-refractivity contribution in [3.8, 4) is 5.75 Å². The minimum Gasteiger partial charge on any atom is -0.543 e. The quantitative estimate of drug-likeness (QED) is 0.302. The summed E-state index contributed by atoms with van der Waals surface area (Å²) in [5.41, 5.74) is 4.84. The third-order valence-electron chi connectivity index (χ3n) is 10.4. The van der Waals surface area contributed by atoms with E-state index in [4.69, 9.17) is 9.16 Å². The third kappa shape index (κ3) is 4.49. The maximum Gasteiger partial charge on any atom is 0.306 e. The fourth-order valence-electron chi connectivity index (χ4n) is 7.31. The third-order valence-corrected chi connectivity index (χ3v) is 14.7. The van der Waals surface area contributed by atoms with Gasteiger partial charge in [0.1, 0.15) is 5.75 Å². The second-order valence-electron chi connectivity index (χ2n) is 13.1. The molecule has 1 aromatic rings. The maximum absolute atomic E-state index is 12.3. The molecule has 3 aliphatic carbocycles. The van der Waals surface area contributed by atoms with Crippen molar-refractivity contribution in [1.29, 1.82) is 0 Å². The molecule has 0 heterocycles. The van der Waals surface area contributed by atoms with Crippen LogP contribution < -0.4 is 4.43 Å². The molecule has 1 aromatic carbocycles. The molecule has 0 aromatic heterocycles. The number of benzene rings is 1. The molecule has 0 bridgehead atoms. The van der Waals surface area contributed by atoms with Gasteiger partial charge in [-0.15, -0.1) is 0 Å². The second-order valence-corrected chi connectivity index (χ2v) is 17.8. The first-order valence-corrected chi connectivity index (χ1v) is 16.8. The van der Waals surface area contributed by atoms with Crippen molar-refractivity contribution in [3.05, 3.63) is 28.8 Å². The zero-order valence-electron chi connectivity index (χ0n) is 23.1. The van der Waals surface area contributed by atoms with E-state index in [1.54, 1.807) is 5.56 Å². The summed E-state index contributed by atoms with van der Waals surface area (Å²) in [5.74, 6) is 3.83. The van der Waals surface area contributed by atoms with E-state index in [1.807, 2.05) is 6.92 Å². The van der Waals surface area contributed by atoms with E-state index < -0.39 is 8.32 Å². The van der Waals surface area contributed by atoms with Crippen LogP contribution in [0.3, 0.4) is 0 Å². The molecule has 0 saturated heterocycles. The van der Waals surface area contributed by atoms with Crippen LogP contribution in [0.5, 0.6) is 5.75 Å². The lowest BCUT2D eigenvalue weighted by Gasteiger charge is -2.51. The molecule has 0 aliphatic heterocycles. The van der Waals surface area contributed by atoms with Gasteiger partial charge in [0.25, 0.3) is 0 Å². The van der Waals surface area contributed by atoms with E-state index in [-0.39, 0.29) is 11.0 Å². The minimum absolute atomic E-state index is 0.00679. The van der Waals surface area contributed by atoms with Crippen LogP contribution in [0.1, 0.15) is 103 Å². The number of hydrogen-bond acceptors (Lipinski definition) is 3. The highest BCUT2D eigenvalue weighted by atomic mass is 28.4. The van der Waals surface area contributed by atoms with Crippen molar-refractivity contribution in [1.82, 2.24) is 0 Å². The van der Waals surface area contributed by atoms with Gasteiger partial charge in [0.15, 0.2) is 0 Å². The Hall–Kier alpha value is -1.29. The van der Waals surface area contributed by atoms with Gasteiger partial charge in [-0.3, -0.25) is 4.79 Å². The summed E-state index contributed by atoms with van der Waals surface area (Å²) < 4.78 is 12.2. The van der Waals surface area contributed by atoms with Crippen molar-refractivity contribution in [2.45, 2.75) is 117 Å². The predicted molar refractivity (Wildman–Crippen MR) is 143 cm³/mol. The van der Waals surface area contributed by atoms with Crippen molar-refractivity contribution in [3.63, 3.8) is 0 Å². The van der Waals surface area contributed by atoms with Gasteiger partial charge < -0.3 is 9.16 Å². The first-order valence-electron chi connectivity index (χ1n) is 13.9. The molecule has 3 nitrogen and oxygen atoms in total. The Morgan fingerprint density at radius 1 is 1.12 bits per heavy atom. The van der Waals surface area contributed by atoms with Crippen molar-refractivity contribution < 1.29 is 14.0 Å². The van der Waals surface area contributed by atoms with Crippen LogP contribution in [-0.2, 0) is 22.4 Å². The number of carbonyl (C=O) groups excluding carboxylic acids is 1. The van der Waals surface area contributed by atoms with Crippen LogP contribution in [0.15, 0.2) is 12.1 Å². The van der Waals surface area contributed by atoms with Gasteiger partial charge in [0.2, 0.25) is 8.32 Å². The Kier molecular flexibility index (Phi) is 7.05. The molecular formula is C30H48O3Si. The molecule has 0 spiro atoms. The van der Waals surface area contributed by atoms with E-state index in [0.29, 0.717) is 30.3 Å². The van der Waals surface area contributed by atoms with E-state index >= 15 is 0 Å². The van der Waals surface area contributed by atoms with Crippen LogP contribution in [-0.4, -0.2) is 20.9 Å². The smallest absolute Gasteiger partial charge is 0.306 e. The highest BCUT2D eigenvalue weighted by Crippen LogP contribution is 2.63. The summed E-state index contributed by atoms with van der Waals surface area (Å²) in [6.45, 7) is 18.9. The molecule has 4 heteroatoms. The minimum atomic E-state index is -1.87. The number of aryl methyl sites for hydroxylation is 2. The summed E-state index contributed by atoms with van der Waals surface area (Å²) in [7, 11) is -1.87. The monoisotopic (exact) mass is 484 g/mol. The largest absolute Gasteiger partial charge is 0.543 e. The summed E-state index contributed by atoms with van der Waals surface area (Å²) in [5, 5.41) is 0.204. The number of hydrogen-bond donors (Lipinski definition) is 0. The SMILES string of the molecule is CCOC(=O)CC1CCC2C3CCc4cc(O[Si](C)(C)C(C)(C)C)c(CC)cc4C3CC[C@]12C. The summed E-state index contributed by atoms with van der Waals surface area (Å²) >= 11 is 0. The highest BCUT2D eigenvalue weighted by Gasteiger charge is 2.55. The normalized spacial score (nSPS) is 30.8. The molecule has 3 aliphatic rings. The predicted octanol–water partition coefficient (Wildman–Crippen LogP) is 8.06. The topological polar surface area (TPSA) is 35.5 Å². The molecule has 2 saturated carbocycles. The number of fused-ring (bicyclic) bond motifs is 5. The fourth-order valence-corrected chi connectivity index (χ4v) is 8.36. The van der Waals surface area contributed by atoms with E-state index in [2.05, 4.69) is 59.8 Å². The average molecular weight is 485 g/mol. The van der Waals surface area contributed by atoms with E-state index in [0.717, 1.165) is 24.0 Å². The van der Waals surface area contributed by atoms with Crippen molar-refractivity contribution in [2.24, 2.45) is 23.2 Å². The Balaban J connectivity index is 1.58. The average Bonchev–Trinajstić information content (AvgIpc) is 3.08. The lowest BCUT2D eigenvalue weighted by molar-refractivity contribution is -0.145. The maximum atomic E-state index is 12.3. The number of carbonyl (C=O) groups is 1. The zero-order chi connectivity index (χ0) is 24.9. The Morgan fingerprint density at radius 2 is 1.85 bits per heavy atom. The second kappa shape index (κ2) is 9.30. The molecule has 4 unspecified atom stereocenters. The molecule has 0 amide bonds. The Bertz CT molecular complexity index is 914. The Labute approximate surface area is 209 Å². The standard InChI is InChI=1S/C30H48O3Si/c1-9-20-17-25-21(18-27(20)33-34(7,8)29(3,4)5)11-13-24-23(25)15-16-30(6)22(12-14-26(24)30)19-28(31)32-10-2/h17-18,22-24,26H,9-16,19H2,1-8H3/t22?,23?,24?,26?,30-/m1/s1. The lowest BCUT2D eigenvalue weighted by Crippen LogP contribution is -2.44. The lowest BCUT2D eigenvalue weighted by atomic mass is 9.54. The molecule has 5 atom stereocenters.